The highest BCUT2D eigenvalue weighted by molar-refractivity contribution is 6.36. The van der Waals surface area contributed by atoms with Crippen LogP contribution in [0.15, 0.2) is 36.4 Å². The summed E-state index contributed by atoms with van der Waals surface area (Å²) in [5.41, 5.74) is 0. The van der Waals surface area contributed by atoms with Gasteiger partial charge < -0.3 is 14.2 Å². The van der Waals surface area contributed by atoms with E-state index in [1.807, 2.05) is 0 Å². The first-order valence-electron chi connectivity index (χ1n) is 6.74. The lowest BCUT2D eigenvalue weighted by Crippen LogP contribution is -2.21. The van der Waals surface area contributed by atoms with Crippen molar-refractivity contribution in [1.82, 2.24) is 0 Å². The lowest BCUT2D eigenvalue weighted by Gasteiger charge is -2.08. The number of hydrogen-bond donors (Lipinski definition) is 0. The monoisotopic (exact) mass is 422 g/mol. The van der Waals surface area contributed by atoms with Crippen LogP contribution in [0, 0.1) is 0 Å². The molecule has 0 aliphatic carbocycles. The quantitative estimate of drug-likeness (QED) is 0.492. The number of rotatable bonds is 6. The Morgan fingerprint density at radius 2 is 1.12 bits per heavy atom. The maximum atomic E-state index is 11.7. The number of carbonyl (C=O) groups is 2. The molecule has 0 bridgehead atoms. The van der Waals surface area contributed by atoms with E-state index in [0.717, 1.165) is 0 Å². The first kappa shape index (κ1) is 19.8. The fourth-order valence-corrected chi connectivity index (χ4v) is 2.53. The van der Waals surface area contributed by atoms with E-state index in [2.05, 4.69) is 0 Å². The van der Waals surface area contributed by atoms with E-state index >= 15 is 0 Å². The van der Waals surface area contributed by atoms with Crippen LogP contribution in [0.25, 0.3) is 0 Å². The minimum atomic E-state index is -0.735. The zero-order valence-corrected chi connectivity index (χ0v) is 15.5. The number of benzene rings is 2. The molecule has 9 heteroatoms. The van der Waals surface area contributed by atoms with Gasteiger partial charge in [-0.1, -0.05) is 46.4 Å². The summed E-state index contributed by atoms with van der Waals surface area (Å²) in [5, 5.41) is 1.17. The first-order chi connectivity index (χ1) is 11.8. The Morgan fingerprint density at radius 1 is 0.720 bits per heavy atom. The number of esters is 2. The Labute approximate surface area is 163 Å². The van der Waals surface area contributed by atoms with Gasteiger partial charge in [0.25, 0.3) is 0 Å². The molecule has 0 aromatic heterocycles. The van der Waals surface area contributed by atoms with E-state index in [1.165, 1.54) is 36.4 Å². The van der Waals surface area contributed by atoms with Crippen molar-refractivity contribution in [3.63, 3.8) is 0 Å². The molecule has 0 saturated heterocycles. The zero-order chi connectivity index (χ0) is 18.4. The van der Waals surface area contributed by atoms with Gasteiger partial charge in [-0.3, -0.25) is 0 Å². The predicted octanol–water partition coefficient (Wildman–Crippen LogP) is 4.83. The van der Waals surface area contributed by atoms with Crippen molar-refractivity contribution >= 4 is 58.3 Å². The minimum absolute atomic E-state index is 0.134. The molecule has 0 fully saturated rings. The number of halogens is 4. The molecule has 0 unspecified atom stereocenters. The van der Waals surface area contributed by atoms with Gasteiger partial charge in [0.2, 0.25) is 0 Å². The van der Waals surface area contributed by atoms with E-state index in [1.54, 1.807) is 0 Å². The van der Waals surface area contributed by atoms with Gasteiger partial charge in [0.05, 0.1) is 10.0 Å². The molecule has 0 saturated carbocycles. The third-order valence-corrected chi connectivity index (χ3v) is 3.74. The van der Waals surface area contributed by atoms with Crippen LogP contribution in [0.3, 0.4) is 0 Å². The van der Waals surface area contributed by atoms with Crippen LogP contribution in [-0.2, 0) is 14.3 Å². The highest BCUT2D eigenvalue weighted by Crippen LogP contribution is 2.28. The molecular formula is C16H10Cl4O5. The van der Waals surface area contributed by atoms with E-state index in [4.69, 9.17) is 60.6 Å². The molecule has 2 rings (SSSR count). The van der Waals surface area contributed by atoms with Gasteiger partial charge in [-0.2, -0.15) is 0 Å². The molecule has 25 heavy (non-hydrogen) atoms. The Balaban J connectivity index is 1.77. The summed E-state index contributed by atoms with van der Waals surface area (Å²) in [6.07, 6.45) is 0. The highest BCUT2D eigenvalue weighted by Gasteiger charge is 2.12. The van der Waals surface area contributed by atoms with Crippen molar-refractivity contribution in [2.75, 3.05) is 13.2 Å². The highest BCUT2D eigenvalue weighted by atomic mass is 35.5. The van der Waals surface area contributed by atoms with Crippen molar-refractivity contribution in [2.24, 2.45) is 0 Å². The fraction of sp³-hybridized carbons (Fsp3) is 0.125. The number of hydrogen-bond acceptors (Lipinski definition) is 5. The smallest absolute Gasteiger partial charge is 0.337 e. The average molecular weight is 424 g/mol. The minimum Gasteiger partial charge on any atom is -0.423 e. The second-order valence-corrected chi connectivity index (χ2v) is 6.28. The normalized spacial score (nSPS) is 10.4. The van der Waals surface area contributed by atoms with Crippen LogP contribution < -0.4 is 9.47 Å². The van der Waals surface area contributed by atoms with Crippen LogP contribution in [0.4, 0.5) is 0 Å². The van der Waals surface area contributed by atoms with Crippen molar-refractivity contribution in [1.29, 1.82) is 0 Å². The van der Waals surface area contributed by atoms with Crippen molar-refractivity contribution in [3.8, 4) is 11.5 Å². The third-order valence-electron chi connectivity index (χ3n) is 2.68. The second-order valence-electron chi connectivity index (χ2n) is 4.59. The van der Waals surface area contributed by atoms with Crippen molar-refractivity contribution < 1.29 is 23.8 Å². The molecule has 0 aliphatic rings. The fourth-order valence-electron chi connectivity index (χ4n) is 1.64. The van der Waals surface area contributed by atoms with Gasteiger partial charge in [0, 0.05) is 10.0 Å². The molecule has 2 aromatic rings. The summed E-state index contributed by atoms with van der Waals surface area (Å²) in [6, 6.07) is 8.78. The molecule has 132 valence electrons. The van der Waals surface area contributed by atoms with E-state index in [0.29, 0.717) is 10.0 Å². The summed E-state index contributed by atoms with van der Waals surface area (Å²) in [4.78, 5) is 23.3. The largest absolute Gasteiger partial charge is 0.423 e. The molecule has 0 aliphatic heterocycles. The topological polar surface area (TPSA) is 61.8 Å². The van der Waals surface area contributed by atoms with Crippen LogP contribution >= 0.6 is 46.4 Å². The molecular weight excluding hydrogens is 414 g/mol. The second kappa shape index (κ2) is 9.27. The summed E-state index contributed by atoms with van der Waals surface area (Å²) >= 11 is 23.2. The average Bonchev–Trinajstić information content (AvgIpc) is 2.53. The summed E-state index contributed by atoms with van der Waals surface area (Å²) in [5.74, 6) is -1.20. The van der Waals surface area contributed by atoms with Crippen molar-refractivity contribution in [2.45, 2.75) is 0 Å². The molecule has 0 atom stereocenters. The van der Waals surface area contributed by atoms with Gasteiger partial charge in [-0.25, -0.2) is 9.59 Å². The predicted molar refractivity (Wildman–Crippen MR) is 95.0 cm³/mol. The van der Waals surface area contributed by atoms with Crippen LogP contribution in [-0.4, -0.2) is 25.2 Å². The Bertz CT molecular complexity index is 729. The van der Waals surface area contributed by atoms with Gasteiger partial charge >= 0.3 is 11.9 Å². The molecule has 0 heterocycles. The van der Waals surface area contributed by atoms with Gasteiger partial charge in [0.1, 0.15) is 24.7 Å². The molecule has 0 amide bonds. The van der Waals surface area contributed by atoms with Crippen LogP contribution in [0.2, 0.25) is 20.1 Å². The zero-order valence-electron chi connectivity index (χ0n) is 12.4. The Kier molecular flexibility index (Phi) is 7.35. The lowest BCUT2D eigenvalue weighted by atomic mass is 10.3. The van der Waals surface area contributed by atoms with Gasteiger partial charge in [-0.05, 0) is 36.4 Å². The first-order valence-corrected chi connectivity index (χ1v) is 8.25. The molecule has 0 N–H and O–H groups in total. The molecule has 5 nitrogen and oxygen atoms in total. The third kappa shape index (κ3) is 6.38. The van der Waals surface area contributed by atoms with Crippen LogP contribution in [0.5, 0.6) is 11.5 Å². The van der Waals surface area contributed by atoms with Crippen molar-refractivity contribution in [3.05, 3.63) is 56.5 Å². The summed E-state index contributed by atoms with van der Waals surface area (Å²) in [6.45, 7) is -0.940. The van der Waals surface area contributed by atoms with Gasteiger partial charge in [-0.15, -0.1) is 0 Å². The van der Waals surface area contributed by atoms with E-state index in [-0.39, 0.29) is 21.5 Å². The molecule has 2 aromatic carbocycles. The van der Waals surface area contributed by atoms with E-state index in [9.17, 15) is 9.59 Å². The summed E-state index contributed by atoms with van der Waals surface area (Å²) in [7, 11) is 0. The van der Waals surface area contributed by atoms with E-state index < -0.39 is 25.2 Å². The number of carbonyl (C=O) groups excluding carboxylic acids is 2. The number of ether oxygens (including phenoxy) is 3. The molecule has 0 spiro atoms. The maximum Gasteiger partial charge on any atom is 0.337 e. The maximum absolute atomic E-state index is 11.7. The molecule has 0 radical (unpaired) electrons. The SMILES string of the molecule is O=C(COCC(=O)Oc1ccc(Cl)cc1Cl)Oc1ccc(Cl)cc1Cl. The summed E-state index contributed by atoms with van der Waals surface area (Å²) < 4.78 is 14.9. The van der Waals surface area contributed by atoms with Crippen LogP contribution in [0.1, 0.15) is 0 Å². The lowest BCUT2D eigenvalue weighted by molar-refractivity contribution is -0.145. The Morgan fingerprint density at radius 3 is 1.48 bits per heavy atom. The van der Waals surface area contributed by atoms with Gasteiger partial charge in [0.15, 0.2) is 0 Å². The standard InChI is InChI=1S/C16H10Cl4O5/c17-9-1-3-13(11(19)5-9)24-15(21)7-23-8-16(22)25-14-4-2-10(18)6-12(14)20/h1-6H,7-8H2. The Hall–Kier alpha value is -1.50.